The number of thioether (sulfide) groups is 1. The SMILES string of the molecule is CCC(C)c1ccc(-c2cc(CO)c(C(Sc3ccccc3)n3ccnc3)cc2C(=O)OC)cc1. The Morgan fingerprint density at radius 2 is 1.86 bits per heavy atom. The molecular weight excluding hydrogens is 456 g/mol. The van der Waals surface area contributed by atoms with Crippen LogP contribution in [0.15, 0.2) is 90.3 Å². The fourth-order valence-electron chi connectivity index (χ4n) is 4.09. The van der Waals surface area contributed by atoms with Gasteiger partial charge in [0.2, 0.25) is 0 Å². The summed E-state index contributed by atoms with van der Waals surface area (Å²) >= 11 is 1.63. The van der Waals surface area contributed by atoms with Crippen LogP contribution in [0.1, 0.15) is 58.6 Å². The van der Waals surface area contributed by atoms with Crippen molar-refractivity contribution in [1.82, 2.24) is 9.55 Å². The molecule has 0 bridgehead atoms. The number of carbonyl (C=O) groups is 1. The summed E-state index contributed by atoms with van der Waals surface area (Å²) in [5, 5.41) is 10.2. The van der Waals surface area contributed by atoms with E-state index in [4.69, 9.17) is 4.74 Å². The number of hydrogen-bond donors (Lipinski definition) is 1. The molecule has 0 aliphatic carbocycles. The lowest BCUT2D eigenvalue weighted by Crippen LogP contribution is -2.12. The van der Waals surface area contributed by atoms with Gasteiger partial charge in [-0.15, -0.1) is 0 Å². The zero-order valence-electron chi connectivity index (χ0n) is 20.2. The standard InChI is InChI=1S/C29H30N2O3S/c1-4-20(2)21-10-12-22(13-11-21)25-16-23(18-32)26(17-27(25)29(33)34-3)28(31-15-14-30-19-31)35-24-8-6-5-7-9-24/h5-17,19-20,28,32H,4,18H2,1-3H3. The Labute approximate surface area is 210 Å². The molecule has 4 rings (SSSR count). The highest BCUT2D eigenvalue weighted by atomic mass is 32.2. The van der Waals surface area contributed by atoms with E-state index >= 15 is 0 Å². The molecule has 35 heavy (non-hydrogen) atoms. The molecule has 0 amide bonds. The number of esters is 1. The van der Waals surface area contributed by atoms with E-state index in [0.717, 1.165) is 33.6 Å². The van der Waals surface area contributed by atoms with Crippen molar-refractivity contribution < 1.29 is 14.6 Å². The summed E-state index contributed by atoms with van der Waals surface area (Å²) in [6.45, 7) is 4.22. The molecule has 1 aromatic heterocycles. The number of benzene rings is 3. The zero-order valence-corrected chi connectivity index (χ0v) is 21.0. The summed E-state index contributed by atoms with van der Waals surface area (Å²) in [6.07, 6.45) is 6.43. The summed E-state index contributed by atoms with van der Waals surface area (Å²) in [7, 11) is 1.39. The number of aromatic nitrogens is 2. The van der Waals surface area contributed by atoms with Crippen molar-refractivity contribution in [2.45, 2.75) is 43.1 Å². The number of rotatable bonds is 9. The lowest BCUT2D eigenvalue weighted by atomic mass is 9.91. The quantitative estimate of drug-likeness (QED) is 0.211. The number of imidazole rings is 1. The van der Waals surface area contributed by atoms with Crippen LogP contribution in [-0.2, 0) is 11.3 Å². The van der Waals surface area contributed by atoms with Crippen molar-refractivity contribution in [3.8, 4) is 11.1 Å². The number of nitrogens with zero attached hydrogens (tertiary/aromatic N) is 2. The Morgan fingerprint density at radius 3 is 2.46 bits per heavy atom. The molecule has 2 unspecified atom stereocenters. The first-order chi connectivity index (χ1) is 17.0. The Bertz CT molecular complexity index is 1260. The fraction of sp³-hybridized carbons (Fsp3) is 0.241. The molecule has 4 aromatic rings. The molecule has 180 valence electrons. The van der Waals surface area contributed by atoms with Gasteiger partial charge in [0.25, 0.3) is 0 Å². The molecule has 2 atom stereocenters. The van der Waals surface area contributed by atoms with E-state index < -0.39 is 5.97 Å². The molecule has 3 aromatic carbocycles. The first kappa shape index (κ1) is 24.8. The van der Waals surface area contributed by atoms with Crippen molar-refractivity contribution >= 4 is 17.7 Å². The fourth-order valence-corrected chi connectivity index (χ4v) is 5.26. The lowest BCUT2D eigenvalue weighted by molar-refractivity contribution is 0.0601. The van der Waals surface area contributed by atoms with Gasteiger partial charge in [-0.3, -0.25) is 0 Å². The number of aliphatic hydroxyl groups is 1. The van der Waals surface area contributed by atoms with Crippen LogP contribution in [0.2, 0.25) is 0 Å². The van der Waals surface area contributed by atoms with Gasteiger partial charge in [0, 0.05) is 17.3 Å². The highest BCUT2D eigenvalue weighted by Crippen LogP contribution is 2.40. The van der Waals surface area contributed by atoms with E-state index in [0.29, 0.717) is 11.5 Å². The molecule has 0 aliphatic heterocycles. The number of hydrogen-bond acceptors (Lipinski definition) is 5. The molecule has 0 aliphatic rings. The van der Waals surface area contributed by atoms with Gasteiger partial charge in [0.1, 0.15) is 5.37 Å². The van der Waals surface area contributed by atoms with E-state index in [-0.39, 0.29) is 12.0 Å². The Balaban J connectivity index is 1.85. The van der Waals surface area contributed by atoms with Crippen molar-refractivity contribution in [2.75, 3.05) is 7.11 Å². The zero-order chi connectivity index (χ0) is 24.8. The lowest BCUT2D eigenvalue weighted by Gasteiger charge is -2.23. The molecule has 5 nitrogen and oxygen atoms in total. The average Bonchev–Trinajstić information content (AvgIpc) is 3.45. The van der Waals surface area contributed by atoms with Crippen LogP contribution < -0.4 is 0 Å². The number of aliphatic hydroxyl groups excluding tert-OH is 1. The third kappa shape index (κ3) is 5.50. The number of methoxy groups -OCH3 is 1. The summed E-state index contributed by atoms with van der Waals surface area (Å²) < 4.78 is 7.15. The van der Waals surface area contributed by atoms with Gasteiger partial charge in [-0.05, 0) is 64.4 Å². The maximum Gasteiger partial charge on any atom is 0.338 e. The van der Waals surface area contributed by atoms with E-state index in [1.807, 2.05) is 65.4 Å². The van der Waals surface area contributed by atoms with E-state index in [1.165, 1.54) is 12.7 Å². The first-order valence-electron chi connectivity index (χ1n) is 11.7. The van der Waals surface area contributed by atoms with Crippen molar-refractivity contribution in [3.05, 3.63) is 108 Å². The van der Waals surface area contributed by atoms with Crippen molar-refractivity contribution in [2.24, 2.45) is 0 Å². The third-order valence-electron chi connectivity index (χ3n) is 6.31. The normalized spacial score (nSPS) is 12.8. The second-order valence-electron chi connectivity index (χ2n) is 8.47. The molecule has 0 saturated carbocycles. The number of carbonyl (C=O) groups excluding carboxylic acids is 1. The molecular formula is C29H30N2O3S. The maximum atomic E-state index is 12.9. The molecule has 0 saturated heterocycles. The molecule has 0 fully saturated rings. The van der Waals surface area contributed by atoms with Gasteiger partial charge in [-0.1, -0.05) is 68.1 Å². The third-order valence-corrected chi connectivity index (χ3v) is 7.58. The van der Waals surface area contributed by atoms with Gasteiger partial charge in [-0.25, -0.2) is 9.78 Å². The van der Waals surface area contributed by atoms with E-state index in [1.54, 1.807) is 24.3 Å². The van der Waals surface area contributed by atoms with E-state index in [9.17, 15) is 9.90 Å². The largest absolute Gasteiger partial charge is 0.465 e. The molecule has 1 N–H and O–H groups in total. The van der Waals surface area contributed by atoms with Crippen LogP contribution in [0, 0.1) is 0 Å². The van der Waals surface area contributed by atoms with Crippen molar-refractivity contribution in [1.29, 1.82) is 0 Å². The Morgan fingerprint density at radius 1 is 1.11 bits per heavy atom. The topological polar surface area (TPSA) is 64.3 Å². The minimum absolute atomic E-state index is 0.157. The van der Waals surface area contributed by atoms with Crippen LogP contribution in [0.4, 0.5) is 0 Å². The predicted molar refractivity (Wildman–Crippen MR) is 141 cm³/mol. The molecule has 0 radical (unpaired) electrons. The molecule has 6 heteroatoms. The minimum atomic E-state index is -0.411. The summed E-state index contributed by atoms with van der Waals surface area (Å²) in [5.74, 6) is 0.0521. The summed E-state index contributed by atoms with van der Waals surface area (Å²) in [6, 6.07) is 22.1. The average molecular weight is 487 g/mol. The van der Waals surface area contributed by atoms with Crippen LogP contribution in [0.3, 0.4) is 0 Å². The van der Waals surface area contributed by atoms with Gasteiger partial charge in [0.05, 0.1) is 25.6 Å². The predicted octanol–water partition coefficient (Wildman–Crippen LogP) is 6.68. The first-order valence-corrected chi connectivity index (χ1v) is 12.6. The monoisotopic (exact) mass is 486 g/mol. The highest BCUT2D eigenvalue weighted by Gasteiger charge is 2.24. The van der Waals surface area contributed by atoms with Gasteiger partial charge >= 0.3 is 5.97 Å². The van der Waals surface area contributed by atoms with Gasteiger partial charge < -0.3 is 14.4 Å². The molecule has 0 spiro atoms. The van der Waals surface area contributed by atoms with E-state index in [2.05, 4.69) is 31.0 Å². The van der Waals surface area contributed by atoms with Crippen molar-refractivity contribution in [3.63, 3.8) is 0 Å². The Hall–Kier alpha value is -3.35. The smallest absolute Gasteiger partial charge is 0.338 e. The summed E-state index contributed by atoms with van der Waals surface area (Å²) in [4.78, 5) is 18.2. The minimum Gasteiger partial charge on any atom is -0.465 e. The number of ether oxygens (including phenoxy) is 1. The van der Waals surface area contributed by atoms with Crippen LogP contribution in [0.5, 0.6) is 0 Å². The molecule has 1 heterocycles. The van der Waals surface area contributed by atoms with Crippen LogP contribution >= 0.6 is 11.8 Å². The second kappa shape index (κ2) is 11.4. The second-order valence-corrected chi connectivity index (χ2v) is 9.62. The van der Waals surface area contributed by atoms with Gasteiger partial charge in [-0.2, -0.15) is 0 Å². The van der Waals surface area contributed by atoms with Gasteiger partial charge in [0.15, 0.2) is 0 Å². The highest BCUT2D eigenvalue weighted by molar-refractivity contribution is 7.99. The van der Waals surface area contributed by atoms with Crippen LogP contribution in [0.25, 0.3) is 11.1 Å². The maximum absolute atomic E-state index is 12.9. The van der Waals surface area contributed by atoms with Crippen LogP contribution in [-0.4, -0.2) is 27.7 Å². The summed E-state index contributed by atoms with van der Waals surface area (Å²) in [5.41, 5.74) is 4.97. The Kier molecular flexibility index (Phi) is 8.06.